The molecule has 1 aromatic heterocycles. The maximum atomic E-state index is 13.6. The van der Waals surface area contributed by atoms with E-state index in [0.717, 1.165) is 35.3 Å². The first kappa shape index (κ1) is 25.9. The van der Waals surface area contributed by atoms with Crippen molar-refractivity contribution < 1.29 is 9.59 Å². The molecule has 1 fully saturated rings. The molecule has 1 heterocycles. The van der Waals surface area contributed by atoms with Crippen LogP contribution in [0.5, 0.6) is 0 Å². The number of nitrogens with one attached hydrogen (secondary N) is 1. The minimum absolute atomic E-state index is 0.0146. The van der Waals surface area contributed by atoms with Gasteiger partial charge in [0, 0.05) is 37.2 Å². The first-order chi connectivity index (χ1) is 16.1. The lowest BCUT2D eigenvalue weighted by Gasteiger charge is -2.30. The number of hydrogen-bond acceptors (Lipinski definition) is 2. The molecule has 1 aromatic carbocycles. The molecule has 3 rings (SSSR count). The van der Waals surface area contributed by atoms with E-state index >= 15 is 0 Å². The van der Waals surface area contributed by atoms with Crippen molar-refractivity contribution in [3.63, 3.8) is 0 Å². The topological polar surface area (TPSA) is 57.6 Å². The van der Waals surface area contributed by atoms with Crippen LogP contribution in [0.25, 0.3) is 0 Å². The van der Waals surface area contributed by atoms with E-state index in [1.54, 1.807) is 4.90 Å². The third kappa shape index (κ3) is 6.43. The Morgan fingerprint density at radius 2 is 1.62 bits per heavy atom. The Hall–Kier alpha value is -2.76. The molecule has 0 unspecified atom stereocenters. The van der Waals surface area contributed by atoms with Crippen molar-refractivity contribution in [1.29, 1.82) is 0 Å². The molecule has 1 saturated carbocycles. The summed E-state index contributed by atoms with van der Waals surface area (Å²) in [6.45, 7) is 13.9. The molecule has 34 heavy (non-hydrogen) atoms. The smallest absolute Gasteiger partial charge is 0.322 e. The second-order valence-corrected chi connectivity index (χ2v) is 10.7. The highest BCUT2D eigenvalue weighted by molar-refractivity contribution is 5.94. The third-order valence-electron chi connectivity index (χ3n) is 6.50. The lowest BCUT2D eigenvalue weighted by Crippen LogP contribution is -2.46. The predicted octanol–water partition coefficient (Wildman–Crippen LogP) is 5.95. The average molecular weight is 467 g/mol. The van der Waals surface area contributed by atoms with E-state index in [-0.39, 0.29) is 42.3 Å². The van der Waals surface area contributed by atoms with E-state index in [1.807, 2.05) is 24.2 Å². The van der Waals surface area contributed by atoms with Gasteiger partial charge in [-0.3, -0.25) is 4.79 Å². The molecule has 0 atom stereocenters. The van der Waals surface area contributed by atoms with Crippen LogP contribution in [0, 0.1) is 5.92 Å². The van der Waals surface area contributed by atoms with Gasteiger partial charge < -0.3 is 19.7 Å². The zero-order valence-corrected chi connectivity index (χ0v) is 22.0. The molecule has 0 radical (unpaired) electrons. The largest absolute Gasteiger partial charge is 0.353 e. The van der Waals surface area contributed by atoms with Crippen molar-refractivity contribution in [1.82, 2.24) is 14.4 Å². The summed E-state index contributed by atoms with van der Waals surface area (Å²) < 4.78 is 2.05. The molecule has 6 heteroatoms. The van der Waals surface area contributed by atoms with Gasteiger partial charge in [-0.1, -0.05) is 59.7 Å². The molecule has 0 spiro atoms. The van der Waals surface area contributed by atoms with Gasteiger partial charge in [-0.25, -0.2) is 4.79 Å². The first-order valence-corrected chi connectivity index (χ1v) is 12.7. The molecule has 2 aromatic rings. The second-order valence-electron chi connectivity index (χ2n) is 10.7. The van der Waals surface area contributed by atoms with Gasteiger partial charge in [-0.2, -0.15) is 0 Å². The molecule has 0 bridgehead atoms. The van der Waals surface area contributed by atoms with Gasteiger partial charge in [0.15, 0.2) is 0 Å². The summed E-state index contributed by atoms with van der Waals surface area (Å²) >= 11 is 0. The van der Waals surface area contributed by atoms with Crippen molar-refractivity contribution in [2.24, 2.45) is 13.0 Å². The summed E-state index contributed by atoms with van der Waals surface area (Å²) in [5, 5.41) is 3.20. The van der Waals surface area contributed by atoms with E-state index in [2.05, 4.69) is 75.7 Å². The number of benzene rings is 1. The van der Waals surface area contributed by atoms with Crippen LogP contribution in [0.1, 0.15) is 83.0 Å². The van der Waals surface area contributed by atoms with Crippen molar-refractivity contribution in [2.45, 2.75) is 78.8 Å². The van der Waals surface area contributed by atoms with Crippen molar-refractivity contribution >= 4 is 17.6 Å². The molecule has 0 aliphatic heterocycles. The summed E-state index contributed by atoms with van der Waals surface area (Å²) in [6, 6.07) is 10.4. The summed E-state index contributed by atoms with van der Waals surface area (Å²) in [7, 11) is 2.00. The van der Waals surface area contributed by atoms with E-state index in [0.29, 0.717) is 13.1 Å². The van der Waals surface area contributed by atoms with Crippen molar-refractivity contribution in [3.8, 4) is 0 Å². The van der Waals surface area contributed by atoms with Crippen LogP contribution in [-0.4, -0.2) is 45.4 Å². The number of aryl methyl sites for hydroxylation is 1. The van der Waals surface area contributed by atoms with Gasteiger partial charge in [0.05, 0.1) is 6.54 Å². The first-order valence-electron chi connectivity index (χ1n) is 12.7. The highest BCUT2D eigenvalue weighted by Crippen LogP contribution is 2.33. The monoisotopic (exact) mass is 466 g/mol. The normalized spacial score (nSPS) is 13.6. The van der Waals surface area contributed by atoms with Crippen LogP contribution in [0.2, 0.25) is 0 Å². The molecule has 6 nitrogen and oxygen atoms in total. The number of nitrogens with zero attached hydrogens (tertiary/aromatic N) is 3. The molecule has 3 amide bonds. The molecular formula is C28H42N4O2. The minimum atomic E-state index is -0.202. The summed E-state index contributed by atoms with van der Waals surface area (Å²) in [5.74, 6) is 0.834. The predicted molar refractivity (Wildman–Crippen MR) is 139 cm³/mol. The fraction of sp³-hybridized carbons (Fsp3) is 0.571. The lowest BCUT2D eigenvalue weighted by atomic mass is 9.93. The molecule has 186 valence electrons. The van der Waals surface area contributed by atoms with Gasteiger partial charge in [-0.15, -0.1) is 0 Å². The van der Waals surface area contributed by atoms with Crippen LogP contribution in [-0.2, 0) is 18.4 Å². The number of rotatable bonds is 10. The SMILES string of the molecule is CC(C)CN(CC(=O)N(Cc1cccn1C)C1CC1)C(=O)Nc1c(C(C)C)cccc1C(C)C. The summed E-state index contributed by atoms with van der Waals surface area (Å²) in [5.41, 5.74) is 4.24. The van der Waals surface area contributed by atoms with Gasteiger partial charge in [0.25, 0.3) is 0 Å². The van der Waals surface area contributed by atoms with Crippen molar-refractivity contribution in [2.75, 3.05) is 18.4 Å². The Kier molecular flexibility index (Phi) is 8.45. The van der Waals surface area contributed by atoms with Crippen LogP contribution < -0.4 is 5.32 Å². The zero-order valence-electron chi connectivity index (χ0n) is 22.0. The second kappa shape index (κ2) is 11.1. The van der Waals surface area contributed by atoms with E-state index in [9.17, 15) is 9.59 Å². The number of carbonyl (C=O) groups excluding carboxylic acids is 2. The van der Waals surface area contributed by atoms with Crippen LogP contribution in [0.4, 0.5) is 10.5 Å². The third-order valence-corrected chi connectivity index (χ3v) is 6.50. The summed E-state index contributed by atoms with van der Waals surface area (Å²) in [6.07, 6.45) is 4.07. The van der Waals surface area contributed by atoms with E-state index < -0.39 is 0 Å². The Labute approximate surface area is 205 Å². The Balaban J connectivity index is 1.81. The fourth-order valence-electron chi connectivity index (χ4n) is 4.44. The molecular weight excluding hydrogens is 424 g/mol. The van der Waals surface area contributed by atoms with Crippen LogP contribution >= 0.6 is 0 Å². The number of carbonyl (C=O) groups is 2. The van der Waals surface area contributed by atoms with Gasteiger partial charge in [0.2, 0.25) is 5.91 Å². The number of para-hydroxylation sites is 1. The zero-order chi connectivity index (χ0) is 25.0. The van der Waals surface area contributed by atoms with Gasteiger partial charge >= 0.3 is 6.03 Å². The molecule has 0 saturated heterocycles. The number of anilines is 1. The van der Waals surface area contributed by atoms with Crippen LogP contribution in [0.3, 0.4) is 0 Å². The van der Waals surface area contributed by atoms with Gasteiger partial charge in [-0.05, 0) is 53.9 Å². The maximum Gasteiger partial charge on any atom is 0.322 e. The average Bonchev–Trinajstić information content (AvgIpc) is 3.52. The molecule has 1 aliphatic carbocycles. The minimum Gasteiger partial charge on any atom is -0.353 e. The molecule has 1 N–H and O–H groups in total. The Morgan fingerprint density at radius 1 is 1.00 bits per heavy atom. The van der Waals surface area contributed by atoms with E-state index in [1.165, 1.54) is 0 Å². The highest BCUT2D eigenvalue weighted by atomic mass is 16.2. The standard InChI is InChI=1S/C28H42N4O2/c1-19(2)16-31(18-26(33)32(22-13-14-22)17-23-10-9-15-30(23)7)28(34)29-27-24(20(3)4)11-8-12-25(27)21(5)6/h8-12,15,19-22H,13-14,16-18H2,1-7H3,(H,29,34). The number of amides is 3. The van der Waals surface area contributed by atoms with Crippen molar-refractivity contribution in [3.05, 3.63) is 53.3 Å². The molecule has 1 aliphatic rings. The lowest BCUT2D eigenvalue weighted by molar-refractivity contribution is -0.133. The van der Waals surface area contributed by atoms with Crippen LogP contribution in [0.15, 0.2) is 36.5 Å². The Bertz CT molecular complexity index is 962. The Morgan fingerprint density at radius 3 is 2.09 bits per heavy atom. The van der Waals surface area contributed by atoms with E-state index in [4.69, 9.17) is 0 Å². The number of urea groups is 1. The highest BCUT2D eigenvalue weighted by Gasteiger charge is 2.34. The number of hydrogen-bond donors (Lipinski definition) is 1. The quantitative estimate of drug-likeness (QED) is 0.470. The summed E-state index contributed by atoms with van der Waals surface area (Å²) in [4.78, 5) is 30.7. The number of aromatic nitrogens is 1. The maximum absolute atomic E-state index is 13.6. The fourth-order valence-corrected chi connectivity index (χ4v) is 4.44. The van der Waals surface area contributed by atoms with Gasteiger partial charge in [0.1, 0.15) is 6.54 Å².